The number of ether oxygens (including phenoxy) is 1. The van der Waals surface area contributed by atoms with E-state index in [4.69, 9.17) is 4.74 Å². The molecule has 0 aliphatic rings. The van der Waals surface area contributed by atoms with E-state index < -0.39 is 0 Å². The third kappa shape index (κ3) is 3.94. The minimum atomic E-state index is -0.335. The van der Waals surface area contributed by atoms with Crippen LogP contribution in [0.15, 0.2) is 59.2 Å². The summed E-state index contributed by atoms with van der Waals surface area (Å²) in [5.41, 5.74) is 1.76. The molecular formula is C17H13BrN4O2. The molecule has 6 nitrogen and oxygen atoms in total. The van der Waals surface area contributed by atoms with Crippen LogP contribution in [0.1, 0.15) is 16.2 Å². The number of anilines is 1. The van der Waals surface area contributed by atoms with Crippen molar-refractivity contribution in [2.24, 2.45) is 0 Å². The van der Waals surface area contributed by atoms with Crippen LogP contribution in [-0.2, 0) is 0 Å². The fourth-order valence-electron chi connectivity index (χ4n) is 1.91. The van der Waals surface area contributed by atoms with Gasteiger partial charge in [-0.25, -0.2) is 4.98 Å². The van der Waals surface area contributed by atoms with Gasteiger partial charge in [-0.15, -0.1) is 10.2 Å². The van der Waals surface area contributed by atoms with Crippen molar-refractivity contribution in [1.29, 1.82) is 0 Å². The summed E-state index contributed by atoms with van der Waals surface area (Å²) in [4.78, 5) is 16.3. The molecule has 0 saturated carbocycles. The lowest BCUT2D eigenvalue weighted by Crippen LogP contribution is -2.14. The van der Waals surface area contributed by atoms with E-state index in [2.05, 4.69) is 36.4 Å². The van der Waals surface area contributed by atoms with E-state index in [1.54, 1.807) is 30.3 Å². The molecule has 2 aromatic heterocycles. The van der Waals surface area contributed by atoms with Crippen molar-refractivity contribution in [3.05, 3.63) is 70.6 Å². The summed E-state index contributed by atoms with van der Waals surface area (Å²) in [5, 5.41) is 10.6. The summed E-state index contributed by atoms with van der Waals surface area (Å²) in [6.07, 6.45) is 0. The third-order valence-electron chi connectivity index (χ3n) is 3.07. The number of hydrogen-bond acceptors (Lipinski definition) is 5. The molecule has 2 heterocycles. The molecule has 1 amide bonds. The zero-order chi connectivity index (χ0) is 16.9. The Morgan fingerprint density at radius 2 is 1.83 bits per heavy atom. The Bertz CT molecular complexity index is 854. The number of nitrogens with zero attached hydrogens (tertiary/aromatic N) is 3. The highest BCUT2D eigenvalue weighted by Crippen LogP contribution is 2.26. The average Bonchev–Trinajstić information content (AvgIpc) is 2.59. The van der Waals surface area contributed by atoms with Crippen LogP contribution in [0.2, 0.25) is 0 Å². The number of aromatic nitrogens is 3. The molecule has 1 aromatic carbocycles. The van der Waals surface area contributed by atoms with Gasteiger partial charge in [0.25, 0.3) is 5.91 Å². The number of carbonyl (C=O) groups is 1. The fraction of sp³-hybridized carbons (Fsp3) is 0.0588. The zero-order valence-corrected chi connectivity index (χ0v) is 14.3. The molecule has 0 atom stereocenters. The third-order valence-corrected chi connectivity index (χ3v) is 3.64. The molecule has 0 bridgehead atoms. The molecule has 0 spiro atoms. The Morgan fingerprint density at radius 3 is 2.50 bits per heavy atom. The first-order chi connectivity index (χ1) is 11.6. The SMILES string of the molecule is Cc1ccc(Oc2ccc(C(=O)Nc3ccccc3)nn2)c(Br)n1. The summed E-state index contributed by atoms with van der Waals surface area (Å²) in [6.45, 7) is 1.88. The lowest BCUT2D eigenvalue weighted by molar-refractivity contribution is 0.102. The van der Waals surface area contributed by atoms with Crippen molar-refractivity contribution < 1.29 is 9.53 Å². The molecule has 0 saturated heterocycles. The van der Waals surface area contributed by atoms with Gasteiger partial charge in [-0.1, -0.05) is 18.2 Å². The number of para-hydroxylation sites is 1. The number of aryl methyl sites for hydroxylation is 1. The van der Waals surface area contributed by atoms with Gasteiger partial charge < -0.3 is 10.1 Å². The molecule has 0 fully saturated rings. The molecule has 0 unspecified atom stereocenters. The maximum Gasteiger partial charge on any atom is 0.276 e. The zero-order valence-electron chi connectivity index (χ0n) is 12.7. The molecule has 0 aliphatic heterocycles. The normalized spacial score (nSPS) is 10.2. The van der Waals surface area contributed by atoms with Crippen LogP contribution in [0.4, 0.5) is 5.69 Å². The van der Waals surface area contributed by atoms with Crippen molar-refractivity contribution >= 4 is 27.5 Å². The van der Waals surface area contributed by atoms with E-state index in [9.17, 15) is 4.79 Å². The number of benzene rings is 1. The molecule has 0 radical (unpaired) electrons. The number of amides is 1. The van der Waals surface area contributed by atoms with E-state index in [0.717, 1.165) is 5.69 Å². The summed E-state index contributed by atoms with van der Waals surface area (Å²) in [7, 11) is 0. The number of pyridine rings is 1. The predicted octanol–water partition coefficient (Wildman–Crippen LogP) is 3.99. The highest BCUT2D eigenvalue weighted by atomic mass is 79.9. The number of nitrogens with one attached hydrogen (secondary N) is 1. The second-order valence-electron chi connectivity index (χ2n) is 4.92. The Morgan fingerprint density at radius 1 is 1.04 bits per heavy atom. The van der Waals surface area contributed by atoms with Gasteiger partial charge in [0.15, 0.2) is 11.4 Å². The Kier molecular flexibility index (Phi) is 4.81. The van der Waals surface area contributed by atoms with Crippen molar-refractivity contribution in [3.63, 3.8) is 0 Å². The monoisotopic (exact) mass is 384 g/mol. The number of rotatable bonds is 4. The van der Waals surface area contributed by atoms with E-state index in [1.807, 2.05) is 31.2 Å². The molecular weight excluding hydrogens is 372 g/mol. The number of halogens is 1. The summed E-state index contributed by atoms with van der Waals surface area (Å²) in [5.74, 6) is 0.465. The maximum atomic E-state index is 12.1. The second kappa shape index (κ2) is 7.18. The summed E-state index contributed by atoms with van der Waals surface area (Å²) in [6, 6.07) is 15.9. The van der Waals surface area contributed by atoms with Gasteiger partial charge in [0.2, 0.25) is 5.88 Å². The van der Waals surface area contributed by atoms with Crippen LogP contribution < -0.4 is 10.1 Å². The molecule has 0 aliphatic carbocycles. The number of hydrogen-bond donors (Lipinski definition) is 1. The minimum absolute atomic E-state index is 0.201. The second-order valence-corrected chi connectivity index (χ2v) is 5.67. The highest BCUT2D eigenvalue weighted by molar-refractivity contribution is 9.10. The van der Waals surface area contributed by atoms with Crippen LogP contribution >= 0.6 is 15.9 Å². The topological polar surface area (TPSA) is 77.0 Å². The molecule has 120 valence electrons. The lowest BCUT2D eigenvalue weighted by Gasteiger charge is -2.07. The van der Waals surface area contributed by atoms with Gasteiger partial charge in [-0.2, -0.15) is 0 Å². The first-order valence-electron chi connectivity index (χ1n) is 7.13. The van der Waals surface area contributed by atoms with E-state index in [-0.39, 0.29) is 17.5 Å². The molecule has 3 aromatic rings. The Balaban J connectivity index is 1.70. The standard InChI is InChI=1S/C17H13BrN4O2/c1-11-7-9-14(16(18)19-11)24-15-10-8-13(21-22-15)17(23)20-12-5-3-2-4-6-12/h2-10H,1H3,(H,20,23). The summed E-state index contributed by atoms with van der Waals surface area (Å²) < 4.78 is 6.18. The van der Waals surface area contributed by atoms with Crippen molar-refractivity contribution in [2.75, 3.05) is 5.32 Å². The van der Waals surface area contributed by atoms with E-state index in [0.29, 0.717) is 16.0 Å². The molecule has 7 heteroatoms. The van der Waals surface area contributed by atoms with Crippen LogP contribution in [0, 0.1) is 6.92 Å². The minimum Gasteiger partial charge on any atom is -0.435 e. The first-order valence-corrected chi connectivity index (χ1v) is 7.92. The summed E-state index contributed by atoms with van der Waals surface area (Å²) >= 11 is 3.33. The van der Waals surface area contributed by atoms with Gasteiger partial charge >= 0.3 is 0 Å². The largest absolute Gasteiger partial charge is 0.435 e. The molecule has 24 heavy (non-hydrogen) atoms. The van der Waals surface area contributed by atoms with Crippen LogP contribution in [0.3, 0.4) is 0 Å². The first kappa shape index (κ1) is 16.1. The smallest absolute Gasteiger partial charge is 0.276 e. The van der Waals surface area contributed by atoms with Crippen LogP contribution in [0.5, 0.6) is 11.6 Å². The van der Waals surface area contributed by atoms with Crippen molar-refractivity contribution in [2.45, 2.75) is 6.92 Å². The quantitative estimate of drug-likeness (QED) is 0.688. The Hall–Kier alpha value is -2.80. The Labute approximate surface area is 147 Å². The maximum absolute atomic E-state index is 12.1. The van der Waals surface area contributed by atoms with Crippen LogP contribution in [-0.4, -0.2) is 21.1 Å². The molecule has 1 N–H and O–H groups in total. The average molecular weight is 385 g/mol. The van der Waals surface area contributed by atoms with E-state index in [1.165, 1.54) is 0 Å². The number of carbonyl (C=O) groups excluding carboxylic acids is 1. The van der Waals surface area contributed by atoms with Gasteiger partial charge in [0.05, 0.1) is 0 Å². The van der Waals surface area contributed by atoms with Crippen molar-refractivity contribution in [1.82, 2.24) is 15.2 Å². The van der Waals surface area contributed by atoms with Gasteiger partial charge in [-0.05, 0) is 53.2 Å². The fourth-order valence-corrected chi connectivity index (χ4v) is 2.41. The van der Waals surface area contributed by atoms with Crippen LogP contribution in [0.25, 0.3) is 0 Å². The van der Waals surface area contributed by atoms with Gasteiger partial charge in [-0.3, -0.25) is 4.79 Å². The lowest BCUT2D eigenvalue weighted by atomic mass is 10.3. The predicted molar refractivity (Wildman–Crippen MR) is 93.2 cm³/mol. The highest BCUT2D eigenvalue weighted by Gasteiger charge is 2.10. The van der Waals surface area contributed by atoms with Gasteiger partial charge in [0.1, 0.15) is 4.60 Å². The van der Waals surface area contributed by atoms with Gasteiger partial charge in [0, 0.05) is 17.4 Å². The molecule has 3 rings (SSSR count). The van der Waals surface area contributed by atoms with Crippen molar-refractivity contribution in [3.8, 4) is 11.6 Å². The van der Waals surface area contributed by atoms with E-state index >= 15 is 0 Å².